The van der Waals surface area contributed by atoms with Gasteiger partial charge in [0.25, 0.3) is 0 Å². The fourth-order valence-electron chi connectivity index (χ4n) is 1.55. The largest absolute Gasteiger partial charge is 0.490 e. The fourth-order valence-corrected chi connectivity index (χ4v) is 1.77. The third kappa shape index (κ3) is 2.36. The zero-order valence-electron chi connectivity index (χ0n) is 8.68. The Bertz CT molecular complexity index is 355. The number of halogens is 1. The average molecular weight is 228 g/mol. The molecule has 0 bridgehead atoms. The van der Waals surface area contributed by atoms with Crippen LogP contribution in [0.2, 0.25) is 5.02 Å². The second-order valence-electron chi connectivity index (χ2n) is 3.47. The van der Waals surface area contributed by atoms with Gasteiger partial charge in [0, 0.05) is 24.1 Å². The molecule has 0 fully saturated rings. The summed E-state index contributed by atoms with van der Waals surface area (Å²) in [7, 11) is 1.89. The highest BCUT2D eigenvalue weighted by Gasteiger charge is 2.13. The third-order valence-electron chi connectivity index (χ3n) is 2.28. The van der Waals surface area contributed by atoms with E-state index in [1.807, 2.05) is 19.2 Å². The minimum absolute atomic E-state index is 0.689. The van der Waals surface area contributed by atoms with Crippen LogP contribution >= 0.6 is 11.6 Å². The van der Waals surface area contributed by atoms with Gasteiger partial charge in [0.1, 0.15) is 0 Å². The number of ether oxygens (including phenoxy) is 2. The van der Waals surface area contributed by atoms with Gasteiger partial charge in [-0.25, -0.2) is 0 Å². The second-order valence-corrected chi connectivity index (χ2v) is 3.88. The molecule has 0 aromatic heterocycles. The molecule has 1 aliphatic rings. The lowest BCUT2D eigenvalue weighted by molar-refractivity contribution is 0.297. The van der Waals surface area contributed by atoms with E-state index >= 15 is 0 Å². The van der Waals surface area contributed by atoms with E-state index in [0.29, 0.717) is 18.2 Å². The molecule has 0 amide bonds. The van der Waals surface area contributed by atoms with Gasteiger partial charge in [-0.3, -0.25) is 0 Å². The number of benzene rings is 1. The van der Waals surface area contributed by atoms with Gasteiger partial charge in [0.05, 0.1) is 13.2 Å². The first-order chi connectivity index (χ1) is 7.31. The van der Waals surface area contributed by atoms with Crippen molar-refractivity contribution in [2.45, 2.75) is 13.0 Å². The molecule has 0 saturated carbocycles. The van der Waals surface area contributed by atoms with Gasteiger partial charge < -0.3 is 14.8 Å². The summed E-state index contributed by atoms with van der Waals surface area (Å²) in [5, 5.41) is 3.78. The van der Waals surface area contributed by atoms with Crippen LogP contribution in [0.4, 0.5) is 0 Å². The highest BCUT2D eigenvalue weighted by molar-refractivity contribution is 6.31. The van der Waals surface area contributed by atoms with Gasteiger partial charge >= 0.3 is 0 Å². The summed E-state index contributed by atoms with van der Waals surface area (Å²) >= 11 is 6.12. The zero-order chi connectivity index (χ0) is 10.7. The SMILES string of the molecule is CNCc1cc2c(cc1Cl)OCCCO2. The molecule has 1 aliphatic heterocycles. The van der Waals surface area contributed by atoms with Crippen molar-refractivity contribution in [1.29, 1.82) is 0 Å². The predicted octanol–water partition coefficient (Wildman–Crippen LogP) is 2.22. The molecule has 0 atom stereocenters. The minimum Gasteiger partial charge on any atom is -0.490 e. The van der Waals surface area contributed by atoms with Gasteiger partial charge in [0.2, 0.25) is 0 Å². The third-order valence-corrected chi connectivity index (χ3v) is 2.64. The summed E-state index contributed by atoms with van der Waals surface area (Å²) in [6.45, 7) is 2.12. The summed E-state index contributed by atoms with van der Waals surface area (Å²) in [5.41, 5.74) is 1.03. The van der Waals surface area contributed by atoms with Crippen LogP contribution in [-0.2, 0) is 6.54 Å². The molecule has 0 aliphatic carbocycles. The van der Waals surface area contributed by atoms with Crippen LogP contribution in [0.3, 0.4) is 0 Å². The Kier molecular flexibility index (Phi) is 3.34. The zero-order valence-corrected chi connectivity index (χ0v) is 9.43. The van der Waals surface area contributed by atoms with Gasteiger partial charge in [0.15, 0.2) is 11.5 Å². The molecular formula is C11H14ClNO2. The molecule has 82 valence electrons. The molecule has 1 aromatic rings. The van der Waals surface area contributed by atoms with Crippen molar-refractivity contribution in [3.63, 3.8) is 0 Å². The molecule has 2 rings (SSSR count). The summed E-state index contributed by atoms with van der Waals surface area (Å²) in [5.74, 6) is 1.54. The van der Waals surface area contributed by atoms with Gasteiger partial charge in [-0.15, -0.1) is 0 Å². The van der Waals surface area contributed by atoms with E-state index in [1.54, 1.807) is 0 Å². The Labute approximate surface area is 94.3 Å². The Morgan fingerprint density at radius 2 is 1.93 bits per heavy atom. The van der Waals surface area contributed by atoms with Gasteiger partial charge in [-0.2, -0.15) is 0 Å². The van der Waals surface area contributed by atoms with Crippen LogP contribution in [0.25, 0.3) is 0 Å². The van der Waals surface area contributed by atoms with E-state index in [9.17, 15) is 0 Å². The van der Waals surface area contributed by atoms with E-state index in [0.717, 1.165) is 30.0 Å². The number of fused-ring (bicyclic) bond motifs is 1. The Hall–Kier alpha value is -0.930. The molecule has 0 unspecified atom stereocenters. The van der Waals surface area contributed by atoms with E-state index in [4.69, 9.17) is 21.1 Å². The number of nitrogens with one attached hydrogen (secondary N) is 1. The topological polar surface area (TPSA) is 30.5 Å². The average Bonchev–Trinajstić information content (AvgIpc) is 2.44. The second kappa shape index (κ2) is 4.73. The van der Waals surface area contributed by atoms with Gasteiger partial charge in [-0.05, 0) is 18.7 Å². The molecule has 15 heavy (non-hydrogen) atoms. The molecule has 1 aromatic carbocycles. The van der Waals surface area contributed by atoms with Crippen molar-refractivity contribution in [2.75, 3.05) is 20.3 Å². The number of hydrogen-bond acceptors (Lipinski definition) is 3. The van der Waals surface area contributed by atoms with Crippen LogP contribution in [0, 0.1) is 0 Å². The molecule has 1 N–H and O–H groups in total. The smallest absolute Gasteiger partial charge is 0.162 e. The summed E-state index contributed by atoms with van der Waals surface area (Å²) in [6.07, 6.45) is 0.910. The maximum atomic E-state index is 6.12. The van der Waals surface area contributed by atoms with Crippen LogP contribution in [0.1, 0.15) is 12.0 Å². The molecule has 1 heterocycles. The van der Waals surface area contributed by atoms with Crippen molar-refractivity contribution in [2.24, 2.45) is 0 Å². The Morgan fingerprint density at radius 3 is 2.60 bits per heavy atom. The normalized spacial score (nSPS) is 14.8. The fraction of sp³-hybridized carbons (Fsp3) is 0.455. The standard InChI is InChI=1S/C11H14ClNO2/c1-13-7-8-5-10-11(6-9(8)12)15-4-2-3-14-10/h5-6,13H,2-4,7H2,1H3. The molecular weight excluding hydrogens is 214 g/mol. The summed E-state index contributed by atoms with van der Waals surface area (Å²) < 4.78 is 11.1. The molecule has 4 heteroatoms. The van der Waals surface area contributed by atoms with E-state index < -0.39 is 0 Å². The Morgan fingerprint density at radius 1 is 1.27 bits per heavy atom. The Balaban J connectivity index is 2.33. The van der Waals surface area contributed by atoms with E-state index in [2.05, 4.69) is 5.32 Å². The van der Waals surface area contributed by atoms with E-state index in [-0.39, 0.29) is 0 Å². The van der Waals surface area contributed by atoms with E-state index in [1.165, 1.54) is 0 Å². The molecule has 0 saturated heterocycles. The summed E-state index contributed by atoms with van der Waals surface area (Å²) in [4.78, 5) is 0. The van der Waals surface area contributed by atoms with Crippen LogP contribution in [0.5, 0.6) is 11.5 Å². The van der Waals surface area contributed by atoms with Crippen molar-refractivity contribution in [3.05, 3.63) is 22.7 Å². The lowest BCUT2D eigenvalue weighted by Crippen LogP contribution is -2.06. The first-order valence-corrected chi connectivity index (χ1v) is 5.41. The first kappa shape index (κ1) is 10.6. The minimum atomic E-state index is 0.689. The van der Waals surface area contributed by atoms with Crippen molar-refractivity contribution in [1.82, 2.24) is 5.32 Å². The summed E-state index contributed by atoms with van der Waals surface area (Å²) in [6, 6.07) is 3.77. The molecule has 3 nitrogen and oxygen atoms in total. The maximum absolute atomic E-state index is 6.12. The van der Waals surface area contributed by atoms with Crippen molar-refractivity contribution >= 4 is 11.6 Å². The van der Waals surface area contributed by atoms with Crippen LogP contribution in [0.15, 0.2) is 12.1 Å². The van der Waals surface area contributed by atoms with Crippen LogP contribution < -0.4 is 14.8 Å². The number of rotatable bonds is 2. The van der Waals surface area contributed by atoms with Gasteiger partial charge in [-0.1, -0.05) is 11.6 Å². The van der Waals surface area contributed by atoms with Crippen molar-refractivity contribution in [3.8, 4) is 11.5 Å². The highest BCUT2D eigenvalue weighted by Crippen LogP contribution is 2.34. The quantitative estimate of drug-likeness (QED) is 0.841. The molecule has 0 spiro atoms. The molecule has 0 radical (unpaired) electrons. The van der Waals surface area contributed by atoms with Crippen molar-refractivity contribution < 1.29 is 9.47 Å². The monoisotopic (exact) mass is 227 g/mol. The number of hydrogen-bond donors (Lipinski definition) is 1. The maximum Gasteiger partial charge on any atom is 0.162 e. The first-order valence-electron chi connectivity index (χ1n) is 5.04. The lowest BCUT2D eigenvalue weighted by atomic mass is 10.2. The predicted molar refractivity (Wildman–Crippen MR) is 59.8 cm³/mol. The van der Waals surface area contributed by atoms with Crippen LogP contribution in [-0.4, -0.2) is 20.3 Å². The highest BCUT2D eigenvalue weighted by atomic mass is 35.5. The lowest BCUT2D eigenvalue weighted by Gasteiger charge is -2.11.